The summed E-state index contributed by atoms with van der Waals surface area (Å²) < 4.78 is 2.94. The minimum Gasteiger partial charge on any atom is -0.477 e. The van der Waals surface area contributed by atoms with Crippen LogP contribution in [0.15, 0.2) is 65.7 Å². The van der Waals surface area contributed by atoms with Crippen LogP contribution < -0.4 is 10.7 Å². The number of aromatic carboxylic acids is 1. The van der Waals surface area contributed by atoms with Crippen LogP contribution in [0.3, 0.4) is 0 Å². The molecule has 4 rings (SSSR count). The molecule has 0 aliphatic heterocycles. The molecule has 0 atom stereocenters. The third-order valence-electron chi connectivity index (χ3n) is 4.84. The number of fused-ring (bicyclic) bond motifs is 1. The lowest BCUT2D eigenvalue weighted by molar-refractivity contribution is 0.0685. The van der Waals surface area contributed by atoms with E-state index < -0.39 is 17.3 Å². The number of amides is 1. The standard InChI is InChI=1S/C22H17ClN4O4/c1-26-12-13(10-25-26)21(29)24-11-17-19(22(30)31)27(15-5-3-2-4-6-15)18-9-14(23)7-8-16(18)20(17)28/h2-10,12H,11H2,1H3,(H,24,29)(H,30,31). The van der Waals surface area contributed by atoms with Crippen molar-refractivity contribution in [2.24, 2.45) is 7.05 Å². The van der Waals surface area contributed by atoms with E-state index in [-0.39, 0.29) is 17.8 Å². The number of nitrogens with zero attached hydrogens (tertiary/aromatic N) is 3. The summed E-state index contributed by atoms with van der Waals surface area (Å²) in [5.74, 6) is -1.76. The fourth-order valence-corrected chi connectivity index (χ4v) is 3.62. The topological polar surface area (TPSA) is 106 Å². The molecule has 0 aliphatic rings. The molecule has 2 heterocycles. The van der Waals surface area contributed by atoms with Gasteiger partial charge in [-0.1, -0.05) is 29.8 Å². The summed E-state index contributed by atoms with van der Waals surface area (Å²) >= 11 is 6.15. The molecule has 9 heteroatoms. The second-order valence-electron chi connectivity index (χ2n) is 6.88. The summed E-state index contributed by atoms with van der Waals surface area (Å²) in [4.78, 5) is 38.0. The number of benzene rings is 2. The van der Waals surface area contributed by atoms with E-state index in [0.717, 1.165) is 0 Å². The Bertz CT molecular complexity index is 1380. The van der Waals surface area contributed by atoms with Crippen LogP contribution in [-0.2, 0) is 13.6 Å². The van der Waals surface area contributed by atoms with Crippen molar-refractivity contribution < 1.29 is 14.7 Å². The fraction of sp³-hybridized carbons (Fsp3) is 0.0909. The Morgan fingerprint density at radius 2 is 1.90 bits per heavy atom. The monoisotopic (exact) mass is 436 g/mol. The number of halogens is 1. The fourth-order valence-electron chi connectivity index (χ4n) is 3.45. The van der Waals surface area contributed by atoms with E-state index in [1.54, 1.807) is 55.6 Å². The van der Waals surface area contributed by atoms with Crippen molar-refractivity contribution in [2.45, 2.75) is 6.54 Å². The van der Waals surface area contributed by atoms with E-state index >= 15 is 0 Å². The van der Waals surface area contributed by atoms with E-state index in [2.05, 4.69) is 10.4 Å². The van der Waals surface area contributed by atoms with Crippen molar-refractivity contribution in [1.82, 2.24) is 19.7 Å². The number of hydrogen-bond donors (Lipinski definition) is 2. The van der Waals surface area contributed by atoms with Crippen LogP contribution in [-0.4, -0.2) is 31.3 Å². The Hall–Kier alpha value is -3.91. The summed E-state index contributed by atoms with van der Waals surface area (Å²) in [5.41, 5.74) is 0.453. The number of rotatable bonds is 5. The average Bonchev–Trinajstić information content (AvgIpc) is 3.19. The van der Waals surface area contributed by atoms with Gasteiger partial charge in [-0.15, -0.1) is 0 Å². The minimum absolute atomic E-state index is 0.0385. The molecule has 0 saturated carbocycles. The van der Waals surface area contributed by atoms with Crippen LogP contribution in [0.1, 0.15) is 26.4 Å². The predicted octanol–water partition coefficient (Wildman–Crippen LogP) is 3.01. The van der Waals surface area contributed by atoms with Gasteiger partial charge in [-0.2, -0.15) is 5.10 Å². The molecule has 0 saturated heterocycles. The molecule has 0 fully saturated rings. The highest BCUT2D eigenvalue weighted by Gasteiger charge is 2.24. The summed E-state index contributed by atoms with van der Waals surface area (Å²) in [7, 11) is 1.67. The van der Waals surface area contributed by atoms with Crippen molar-refractivity contribution in [1.29, 1.82) is 0 Å². The van der Waals surface area contributed by atoms with Crippen LogP contribution in [0.5, 0.6) is 0 Å². The van der Waals surface area contributed by atoms with Gasteiger partial charge < -0.3 is 15.0 Å². The van der Waals surface area contributed by atoms with E-state index in [1.807, 2.05) is 0 Å². The molecule has 31 heavy (non-hydrogen) atoms. The smallest absolute Gasteiger partial charge is 0.353 e. The van der Waals surface area contributed by atoms with Crippen molar-refractivity contribution in [2.75, 3.05) is 0 Å². The van der Waals surface area contributed by atoms with Gasteiger partial charge in [0.1, 0.15) is 5.69 Å². The Kier molecular flexibility index (Phi) is 5.31. The summed E-state index contributed by atoms with van der Waals surface area (Å²) in [6.07, 6.45) is 2.91. The van der Waals surface area contributed by atoms with Crippen molar-refractivity contribution >= 4 is 34.4 Å². The molecule has 2 aromatic carbocycles. The van der Waals surface area contributed by atoms with Crippen LogP contribution in [0.2, 0.25) is 5.02 Å². The highest BCUT2D eigenvalue weighted by molar-refractivity contribution is 6.31. The molecule has 1 amide bonds. The number of para-hydroxylation sites is 1. The second kappa shape index (κ2) is 8.08. The quantitative estimate of drug-likeness (QED) is 0.500. The Labute approximate surface area is 181 Å². The van der Waals surface area contributed by atoms with E-state index in [4.69, 9.17) is 11.6 Å². The molecule has 2 N–H and O–H groups in total. The Morgan fingerprint density at radius 3 is 2.55 bits per heavy atom. The lowest BCUT2D eigenvalue weighted by Gasteiger charge is -2.18. The van der Waals surface area contributed by atoms with Crippen LogP contribution >= 0.6 is 11.6 Å². The highest BCUT2D eigenvalue weighted by Crippen LogP contribution is 2.25. The largest absolute Gasteiger partial charge is 0.477 e. The molecule has 2 aromatic heterocycles. The summed E-state index contributed by atoms with van der Waals surface area (Å²) in [6, 6.07) is 13.5. The number of pyridine rings is 1. The van der Waals surface area contributed by atoms with Gasteiger partial charge in [-0.3, -0.25) is 14.3 Å². The normalized spacial score (nSPS) is 10.9. The van der Waals surface area contributed by atoms with Gasteiger partial charge in [0.2, 0.25) is 0 Å². The molecule has 0 unspecified atom stereocenters. The first kappa shape index (κ1) is 20.4. The number of nitrogens with one attached hydrogen (secondary N) is 1. The highest BCUT2D eigenvalue weighted by atomic mass is 35.5. The zero-order valence-electron chi connectivity index (χ0n) is 16.4. The molecule has 0 radical (unpaired) electrons. The second-order valence-corrected chi connectivity index (χ2v) is 7.32. The first-order valence-electron chi connectivity index (χ1n) is 9.29. The lowest BCUT2D eigenvalue weighted by Crippen LogP contribution is -2.30. The van der Waals surface area contributed by atoms with Crippen LogP contribution in [0.4, 0.5) is 0 Å². The summed E-state index contributed by atoms with van der Waals surface area (Å²) in [5, 5.41) is 17.3. The predicted molar refractivity (Wildman–Crippen MR) is 116 cm³/mol. The molecule has 4 aromatic rings. The van der Waals surface area contributed by atoms with Crippen LogP contribution in [0.25, 0.3) is 16.6 Å². The van der Waals surface area contributed by atoms with E-state index in [0.29, 0.717) is 27.2 Å². The number of aryl methyl sites for hydroxylation is 1. The number of hydrogen-bond acceptors (Lipinski definition) is 4. The first-order valence-corrected chi connectivity index (χ1v) is 9.67. The average molecular weight is 437 g/mol. The summed E-state index contributed by atoms with van der Waals surface area (Å²) in [6.45, 7) is -0.264. The Morgan fingerprint density at radius 1 is 1.16 bits per heavy atom. The van der Waals surface area contributed by atoms with Gasteiger partial charge in [0.15, 0.2) is 5.43 Å². The lowest BCUT2D eigenvalue weighted by atomic mass is 10.1. The van der Waals surface area contributed by atoms with Gasteiger partial charge in [0.25, 0.3) is 5.91 Å². The number of carboxylic acid groups (broad SMARTS) is 1. The molecule has 0 spiro atoms. The maximum atomic E-state index is 13.2. The molecule has 156 valence electrons. The van der Waals surface area contributed by atoms with Crippen molar-refractivity contribution in [3.05, 3.63) is 93.0 Å². The van der Waals surface area contributed by atoms with Crippen molar-refractivity contribution in [3.8, 4) is 5.69 Å². The number of carboxylic acids is 1. The van der Waals surface area contributed by atoms with Gasteiger partial charge in [0.05, 0.1) is 22.8 Å². The molecule has 0 bridgehead atoms. The molecular weight excluding hydrogens is 420 g/mol. The number of carbonyl (C=O) groups is 2. The first-order chi connectivity index (χ1) is 14.9. The van der Waals surface area contributed by atoms with Gasteiger partial charge >= 0.3 is 5.97 Å². The number of aromatic nitrogens is 3. The maximum Gasteiger partial charge on any atom is 0.353 e. The van der Waals surface area contributed by atoms with E-state index in [1.165, 1.54) is 21.6 Å². The SMILES string of the molecule is Cn1cc(C(=O)NCc2c(C(=O)O)n(-c3ccccc3)c3cc(Cl)ccc3c2=O)cn1. The van der Waals surface area contributed by atoms with Crippen molar-refractivity contribution in [3.63, 3.8) is 0 Å². The van der Waals surface area contributed by atoms with Gasteiger partial charge in [-0.05, 0) is 30.3 Å². The molecule has 0 aliphatic carbocycles. The zero-order valence-corrected chi connectivity index (χ0v) is 17.1. The molecular formula is C22H17ClN4O4. The number of carbonyl (C=O) groups excluding carboxylic acids is 1. The molecule has 8 nitrogen and oxygen atoms in total. The van der Waals surface area contributed by atoms with E-state index in [9.17, 15) is 19.5 Å². The van der Waals surface area contributed by atoms with Crippen LogP contribution in [0, 0.1) is 0 Å². The Balaban J connectivity index is 1.92. The zero-order chi connectivity index (χ0) is 22.1. The van der Waals surface area contributed by atoms with Gasteiger partial charge in [-0.25, -0.2) is 4.79 Å². The third-order valence-corrected chi connectivity index (χ3v) is 5.07. The third kappa shape index (κ3) is 3.80. The maximum absolute atomic E-state index is 13.2. The minimum atomic E-state index is -1.30. The van der Waals surface area contributed by atoms with Gasteiger partial charge in [0, 0.05) is 35.9 Å².